The summed E-state index contributed by atoms with van der Waals surface area (Å²) in [5.41, 5.74) is 3.12. The molecule has 24 heavy (non-hydrogen) atoms. The van der Waals surface area contributed by atoms with Crippen molar-refractivity contribution >= 4 is 16.8 Å². The molecule has 3 aromatic rings. The number of nitrogens with zero attached hydrogens (tertiary/aromatic N) is 1. The maximum Gasteiger partial charge on any atom is 0.256 e. The van der Waals surface area contributed by atoms with Gasteiger partial charge < -0.3 is 14.6 Å². The fourth-order valence-electron chi connectivity index (χ4n) is 2.90. The first-order chi connectivity index (χ1) is 11.5. The van der Waals surface area contributed by atoms with Crippen LogP contribution in [0.5, 0.6) is 5.75 Å². The largest absolute Gasteiger partial charge is 0.494 e. The van der Waals surface area contributed by atoms with E-state index >= 15 is 0 Å². The Kier molecular flexibility index (Phi) is 4.25. The number of nitrogens with one attached hydrogen (secondary N) is 1. The molecule has 1 aromatic heterocycles. The van der Waals surface area contributed by atoms with Crippen LogP contribution in [-0.4, -0.2) is 29.9 Å². The maximum atomic E-state index is 13.8. The molecule has 0 fully saturated rings. The van der Waals surface area contributed by atoms with Crippen LogP contribution in [-0.2, 0) is 6.54 Å². The molecule has 0 aliphatic heterocycles. The zero-order chi connectivity index (χ0) is 17.3. The third-order valence-electron chi connectivity index (χ3n) is 4.09. The van der Waals surface area contributed by atoms with Crippen LogP contribution in [0.4, 0.5) is 4.39 Å². The first-order valence-electron chi connectivity index (χ1n) is 7.66. The van der Waals surface area contributed by atoms with Gasteiger partial charge in [0.25, 0.3) is 5.91 Å². The Hall–Kier alpha value is -2.82. The number of aryl methyl sites for hydroxylation is 1. The van der Waals surface area contributed by atoms with Gasteiger partial charge in [0.15, 0.2) is 11.6 Å². The van der Waals surface area contributed by atoms with Crippen molar-refractivity contribution in [3.8, 4) is 5.75 Å². The first kappa shape index (κ1) is 16.1. The molecule has 0 saturated carbocycles. The van der Waals surface area contributed by atoms with Gasteiger partial charge in [-0.05, 0) is 30.7 Å². The number of benzene rings is 2. The van der Waals surface area contributed by atoms with Gasteiger partial charge in [-0.1, -0.05) is 24.3 Å². The minimum atomic E-state index is -0.431. The van der Waals surface area contributed by atoms with Crippen LogP contribution < -0.4 is 4.74 Å². The van der Waals surface area contributed by atoms with E-state index in [0.29, 0.717) is 17.7 Å². The van der Waals surface area contributed by atoms with Crippen LogP contribution >= 0.6 is 0 Å². The molecule has 0 saturated heterocycles. The van der Waals surface area contributed by atoms with Crippen molar-refractivity contribution in [2.75, 3.05) is 14.2 Å². The predicted octanol–water partition coefficient (Wildman–Crippen LogP) is 3.90. The summed E-state index contributed by atoms with van der Waals surface area (Å²) >= 11 is 0. The summed E-state index contributed by atoms with van der Waals surface area (Å²) in [5, 5.41) is 0.896. The van der Waals surface area contributed by atoms with Crippen LogP contribution in [0.1, 0.15) is 21.6 Å². The van der Waals surface area contributed by atoms with Crippen LogP contribution in [0.3, 0.4) is 0 Å². The van der Waals surface area contributed by atoms with Crippen molar-refractivity contribution in [1.82, 2.24) is 9.88 Å². The lowest BCUT2D eigenvalue weighted by Gasteiger charge is -2.18. The molecule has 4 nitrogen and oxygen atoms in total. The average Bonchev–Trinajstić information content (AvgIpc) is 2.90. The molecule has 5 heteroatoms. The fraction of sp³-hybridized carbons (Fsp3) is 0.211. The molecular weight excluding hydrogens is 307 g/mol. The molecule has 0 spiro atoms. The Labute approximate surface area is 139 Å². The highest BCUT2D eigenvalue weighted by Gasteiger charge is 2.19. The number of amides is 1. The molecule has 0 bridgehead atoms. The van der Waals surface area contributed by atoms with Gasteiger partial charge in [0.1, 0.15) is 0 Å². The van der Waals surface area contributed by atoms with Crippen molar-refractivity contribution in [2.45, 2.75) is 13.5 Å². The van der Waals surface area contributed by atoms with Crippen molar-refractivity contribution in [1.29, 1.82) is 0 Å². The molecular formula is C19H19FN2O2. The highest BCUT2D eigenvalue weighted by molar-refractivity contribution is 6.07. The van der Waals surface area contributed by atoms with E-state index in [1.165, 1.54) is 13.2 Å². The van der Waals surface area contributed by atoms with Gasteiger partial charge in [0, 0.05) is 30.2 Å². The zero-order valence-corrected chi connectivity index (χ0v) is 13.9. The van der Waals surface area contributed by atoms with Crippen molar-refractivity contribution in [2.24, 2.45) is 0 Å². The molecule has 0 atom stereocenters. The molecule has 2 aromatic carbocycles. The number of methoxy groups -OCH3 is 1. The standard InChI is InChI=1S/C19H19FN2O2/c1-12-18(14-6-4-5-7-16(14)21-12)19(23)22(2)11-13-8-9-17(24-3)15(20)10-13/h4-10,21H,11H2,1-3H3. The maximum absolute atomic E-state index is 13.8. The highest BCUT2D eigenvalue weighted by Crippen LogP contribution is 2.24. The second-order valence-electron chi connectivity index (χ2n) is 5.80. The van der Waals surface area contributed by atoms with Gasteiger partial charge >= 0.3 is 0 Å². The third kappa shape index (κ3) is 2.85. The smallest absolute Gasteiger partial charge is 0.256 e. The minimum absolute atomic E-state index is 0.0961. The molecule has 0 unspecified atom stereocenters. The van der Waals surface area contributed by atoms with Crippen molar-refractivity contribution in [3.05, 3.63) is 65.1 Å². The topological polar surface area (TPSA) is 45.3 Å². The monoisotopic (exact) mass is 326 g/mol. The number of para-hydroxylation sites is 1. The molecule has 1 N–H and O–H groups in total. The quantitative estimate of drug-likeness (QED) is 0.790. The summed E-state index contributed by atoms with van der Waals surface area (Å²) < 4.78 is 18.7. The Balaban J connectivity index is 1.86. The van der Waals surface area contributed by atoms with Gasteiger partial charge in [0.2, 0.25) is 0 Å². The summed E-state index contributed by atoms with van der Waals surface area (Å²) in [6.45, 7) is 2.20. The number of carbonyl (C=O) groups is 1. The number of fused-ring (bicyclic) bond motifs is 1. The lowest BCUT2D eigenvalue weighted by molar-refractivity contribution is 0.0786. The molecule has 0 radical (unpaired) electrons. The van der Waals surface area contributed by atoms with E-state index in [4.69, 9.17) is 4.74 Å². The van der Waals surface area contributed by atoms with Crippen LogP contribution in [0.2, 0.25) is 0 Å². The summed E-state index contributed by atoms with van der Waals surface area (Å²) in [7, 11) is 3.14. The lowest BCUT2D eigenvalue weighted by Crippen LogP contribution is -2.26. The molecule has 124 valence electrons. The summed E-state index contributed by atoms with van der Waals surface area (Å²) in [5.74, 6) is -0.333. The average molecular weight is 326 g/mol. The Bertz CT molecular complexity index is 902. The molecule has 0 aliphatic carbocycles. The Morgan fingerprint density at radius 3 is 2.71 bits per heavy atom. The first-order valence-corrected chi connectivity index (χ1v) is 7.66. The molecule has 1 amide bonds. The third-order valence-corrected chi connectivity index (χ3v) is 4.09. The number of carbonyl (C=O) groups excluding carboxylic acids is 1. The van der Waals surface area contributed by atoms with Gasteiger partial charge in [-0.2, -0.15) is 0 Å². The lowest BCUT2D eigenvalue weighted by atomic mass is 10.1. The summed E-state index contributed by atoms with van der Waals surface area (Å²) in [4.78, 5) is 17.7. The van der Waals surface area contributed by atoms with Crippen LogP contribution in [0, 0.1) is 12.7 Å². The second-order valence-corrected chi connectivity index (χ2v) is 5.80. The van der Waals surface area contributed by atoms with Crippen LogP contribution in [0.15, 0.2) is 42.5 Å². The van der Waals surface area contributed by atoms with Crippen molar-refractivity contribution < 1.29 is 13.9 Å². The molecule has 1 heterocycles. The number of hydrogen-bond acceptors (Lipinski definition) is 2. The number of rotatable bonds is 4. The van der Waals surface area contributed by atoms with E-state index in [2.05, 4.69) is 4.98 Å². The van der Waals surface area contributed by atoms with E-state index in [1.807, 2.05) is 31.2 Å². The van der Waals surface area contributed by atoms with Gasteiger partial charge in [-0.3, -0.25) is 4.79 Å². The number of aromatic nitrogens is 1. The number of ether oxygens (including phenoxy) is 1. The minimum Gasteiger partial charge on any atom is -0.494 e. The fourth-order valence-corrected chi connectivity index (χ4v) is 2.90. The van der Waals surface area contributed by atoms with E-state index in [-0.39, 0.29) is 11.7 Å². The molecule has 3 rings (SSSR count). The van der Waals surface area contributed by atoms with Crippen molar-refractivity contribution in [3.63, 3.8) is 0 Å². The van der Waals surface area contributed by atoms with Gasteiger partial charge in [-0.15, -0.1) is 0 Å². The number of aromatic amines is 1. The number of hydrogen-bond donors (Lipinski definition) is 1. The van der Waals surface area contributed by atoms with Crippen LogP contribution in [0.25, 0.3) is 10.9 Å². The van der Waals surface area contributed by atoms with E-state index in [9.17, 15) is 9.18 Å². The van der Waals surface area contributed by atoms with E-state index < -0.39 is 5.82 Å². The number of H-pyrrole nitrogens is 1. The highest BCUT2D eigenvalue weighted by atomic mass is 19.1. The Morgan fingerprint density at radius 1 is 1.25 bits per heavy atom. The Morgan fingerprint density at radius 2 is 2.00 bits per heavy atom. The number of halogens is 1. The molecule has 0 aliphatic rings. The summed E-state index contributed by atoms with van der Waals surface area (Å²) in [6.07, 6.45) is 0. The van der Waals surface area contributed by atoms with Gasteiger partial charge in [0.05, 0.1) is 12.7 Å². The normalized spacial score (nSPS) is 10.8. The van der Waals surface area contributed by atoms with E-state index in [0.717, 1.165) is 16.6 Å². The zero-order valence-electron chi connectivity index (χ0n) is 13.9. The van der Waals surface area contributed by atoms with Gasteiger partial charge in [-0.25, -0.2) is 4.39 Å². The SMILES string of the molecule is COc1ccc(CN(C)C(=O)c2c(C)[nH]c3ccccc23)cc1F. The second kappa shape index (κ2) is 6.35. The van der Waals surface area contributed by atoms with E-state index in [1.54, 1.807) is 24.1 Å². The summed E-state index contributed by atoms with van der Waals surface area (Å²) in [6, 6.07) is 12.4. The predicted molar refractivity (Wildman–Crippen MR) is 91.8 cm³/mol.